The number of nitrogens with one attached hydrogen (secondary N) is 3. The fraction of sp³-hybridized carbons (Fsp3) is 0.483. The number of carbonyl (C=O) groups excluding carboxylic acids is 3. The minimum atomic E-state index is -0.599. The van der Waals surface area contributed by atoms with Crippen LogP contribution < -0.4 is 20.9 Å². The van der Waals surface area contributed by atoms with E-state index in [4.69, 9.17) is 0 Å². The van der Waals surface area contributed by atoms with Crippen LogP contribution in [0.3, 0.4) is 0 Å². The fourth-order valence-electron chi connectivity index (χ4n) is 5.65. The molecule has 37 heavy (non-hydrogen) atoms. The van der Waals surface area contributed by atoms with Crippen LogP contribution in [0.4, 0.5) is 10.5 Å². The lowest BCUT2D eigenvalue weighted by molar-refractivity contribution is -0.134. The highest BCUT2D eigenvalue weighted by Crippen LogP contribution is 2.43. The molecule has 196 valence electrons. The largest absolute Gasteiger partial charge is 0.341 e. The summed E-state index contributed by atoms with van der Waals surface area (Å²) >= 11 is 0. The molecule has 1 atom stereocenters. The molecule has 0 aromatic heterocycles. The van der Waals surface area contributed by atoms with Crippen LogP contribution in [0.5, 0.6) is 0 Å². The topological polar surface area (TPSA) is 93.8 Å². The molecule has 2 aromatic rings. The van der Waals surface area contributed by atoms with Crippen molar-refractivity contribution in [3.8, 4) is 0 Å². The molecule has 0 aliphatic carbocycles. The lowest BCUT2D eigenvalue weighted by Crippen LogP contribution is -2.61. The highest BCUT2D eigenvalue weighted by Gasteiger charge is 2.46. The molecule has 4 amide bonds. The number of hydrogen-bond donors (Lipinski definition) is 3. The summed E-state index contributed by atoms with van der Waals surface area (Å²) in [6, 6.07) is 17.3. The second-order valence-corrected chi connectivity index (χ2v) is 10.9. The molecule has 0 unspecified atom stereocenters. The molecule has 2 fully saturated rings. The third-order valence-corrected chi connectivity index (χ3v) is 8.02. The second kappa shape index (κ2) is 10.5. The molecule has 2 saturated heterocycles. The van der Waals surface area contributed by atoms with E-state index in [1.807, 2.05) is 78.2 Å². The number of hydrogen-bond acceptors (Lipinski definition) is 4. The van der Waals surface area contributed by atoms with Gasteiger partial charge in [0.2, 0.25) is 11.8 Å². The van der Waals surface area contributed by atoms with Crippen molar-refractivity contribution in [1.82, 2.24) is 20.9 Å². The molecule has 2 aromatic carbocycles. The van der Waals surface area contributed by atoms with Crippen molar-refractivity contribution >= 4 is 23.5 Å². The van der Waals surface area contributed by atoms with Gasteiger partial charge in [0.1, 0.15) is 6.04 Å². The highest BCUT2D eigenvalue weighted by molar-refractivity contribution is 6.08. The van der Waals surface area contributed by atoms with Crippen molar-refractivity contribution in [3.05, 3.63) is 65.7 Å². The first kappa shape index (κ1) is 25.3. The highest BCUT2D eigenvalue weighted by atomic mass is 16.2. The Bertz CT molecular complexity index is 1140. The van der Waals surface area contributed by atoms with Gasteiger partial charge in [-0.3, -0.25) is 9.59 Å². The average Bonchev–Trinajstić information content (AvgIpc) is 3.09. The van der Waals surface area contributed by atoms with E-state index in [0.29, 0.717) is 38.8 Å². The standard InChI is InChI=1S/C29H37N5O3/c1-29(2)23-10-6-7-11-25(23)34(27(29)36)22-14-16-33(17-15-22)26(35)24(13-12-20-8-4-3-5-9-20)32-28(37)31-21-18-30-19-21/h3-11,21-22,24,30H,12-19H2,1-2H3,(H2,31,32,37)/t24-/m0/s1. The lowest BCUT2D eigenvalue weighted by atomic mass is 9.86. The predicted octanol–water partition coefficient (Wildman–Crippen LogP) is 2.57. The first-order chi connectivity index (χ1) is 17.8. The fourth-order valence-corrected chi connectivity index (χ4v) is 5.65. The molecule has 8 nitrogen and oxygen atoms in total. The Morgan fingerprint density at radius 3 is 2.38 bits per heavy atom. The van der Waals surface area contributed by atoms with Crippen molar-refractivity contribution in [2.75, 3.05) is 31.1 Å². The van der Waals surface area contributed by atoms with Crippen molar-refractivity contribution in [1.29, 1.82) is 0 Å². The summed E-state index contributed by atoms with van der Waals surface area (Å²) in [7, 11) is 0. The van der Waals surface area contributed by atoms with Crippen molar-refractivity contribution in [2.45, 2.75) is 63.1 Å². The van der Waals surface area contributed by atoms with E-state index in [1.165, 1.54) is 0 Å². The molecule has 3 heterocycles. The minimum Gasteiger partial charge on any atom is -0.341 e. The van der Waals surface area contributed by atoms with E-state index < -0.39 is 11.5 Å². The Morgan fingerprint density at radius 1 is 1.03 bits per heavy atom. The van der Waals surface area contributed by atoms with Gasteiger partial charge < -0.3 is 25.8 Å². The number of para-hydroxylation sites is 1. The molecule has 0 spiro atoms. The number of piperidine rings is 1. The molecule has 3 N–H and O–H groups in total. The number of rotatable bonds is 7. The zero-order valence-electron chi connectivity index (χ0n) is 21.7. The number of benzene rings is 2. The summed E-state index contributed by atoms with van der Waals surface area (Å²) in [5, 5.41) is 9.03. The maximum Gasteiger partial charge on any atom is 0.315 e. The SMILES string of the molecule is CC1(C)C(=O)N(C2CCN(C(=O)[C@H](CCc3ccccc3)NC(=O)NC3CNC3)CC2)c2ccccc21. The van der Waals surface area contributed by atoms with Gasteiger partial charge in [0.15, 0.2) is 0 Å². The molecular formula is C29H37N5O3. The molecule has 3 aliphatic heterocycles. The third-order valence-electron chi connectivity index (χ3n) is 8.02. The van der Waals surface area contributed by atoms with E-state index in [1.54, 1.807) is 0 Å². The van der Waals surface area contributed by atoms with Crippen LogP contribution in [0.25, 0.3) is 0 Å². The van der Waals surface area contributed by atoms with Gasteiger partial charge in [0, 0.05) is 37.9 Å². The van der Waals surface area contributed by atoms with Crippen LogP contribution in [-0.2, 0) is 21.4 Å². The maximum atomic E-state index is 13.6. The molecular weight excluding hydrogens is 466 g/mol. The second-order valence-electron chi connectivity index (χ2n) is 10.9. The van der Waals surface area contributed by atoms with E-state index in [9.17, 15) is 14.4 Å². The van der Waals surface area contributed by atoms with Crippen molar-refractivity contribution < 1.29 is 14.4 Å². The number of anilines is 1. The summed E-state index contributed by atoms with van der Waals surface area (Å²) in [6.45, 7) is 6.60. The summed E-state index contributed by atoms with van der Waals surface area (Å²) in [4.78, 5) is 43.4. The van der Waals surface area contributed by atoms with E-state index in [2.05, 4.69) is 16.0 Å². The number of urea groups is 1. The molecule has 0 saturated carbocycles. The molecule has 5 rings (SSSR count). The van der Waals surface area contributed by atoms with Crippen LogP contribution in [-0.4, -0.2) is 67.0 Å². The third kappa shape index (κ3) is 5.21. The van der Waals surface area contributed by atoms with Gasteiger partial charge in [-0.15, -0.1) is 0 Å². The Hall–Kier alpha value is -3.39. The number of likely N-dealkylation sites (tertiary alicyclic amines) is 1. The van der Waals surface area contributed by atoms with Gasteiger partial charge >= 0.3 is 6.03 Å². The molecule has 3 aliphatic rings. The normalized spacial score (nSPS) is 20.2. The summed E-state index contributed by atoms with van der Waals surface area (Å²) in [5.41, 5.74) is 2.65. The van der Waals surface area contributed by atoms with Crippen LogP contribution in [0.15, 0.2) is 54.6 Å². The number of fused-ring (bicyclic) bond motifs is 1. The maximum absolute atomic E-state index is 13.6. The van der Waals surface area contributed by atoms with E-state index in [-0.39, 0.29) is 29.9 Å². The van der Waals surface area contributed by atoms with Crippen LogP contribution in [0.1, 0.15) is 44.2 Å². The van der Waals surface area contributed by atoms with Crippen LogP contribution in [0, 0.1) is 0 Å². The Balaban J connectivity index is 1.24. The Labute approximate surface area is 218 Å². The van der Waals surface area contributed by atoms with Gasteiger partial charge in [-0.25, -0.2) is 4.79 Å². The van der Waals surface area contributed by atoms with Gasteiger partial charge in [0.05, 0.1) is 11.5 Å². The van der Waals surface area contributed by atoms with E-state index in [0.717, 1.165) is 29.9 Å². The summed E-state index contributed by atoms with van der Waals surface area (Å²) in [5.74, 6) is 0.0766. The zero-order chi connectivity index (χ0) is 26.0. The van der Waals surface area contributed by atoms with Gasteiger partial charge in [0.25, 0.3) is 0 Å². The number of aryl methyl sites for hydroxylation is 1. The molecule has 8 heteroatoms. The van der Waals surface area contributed by atoms with Gasteiger partial charge in [-0.05, 0) is 56.7 Å². The number of nitrogens with zero attached hydrogens (tertiary/aromatic N) is 2. The quantitative estimate of drug-likeness (QED) is 0.542. The zero-order valence-corrected chi connectivity index (χ0v) is 21.7. The Morgan fingerprint density at radius 2 is 1.70 bits per heavy atom. The molecule has 0 radical (unpaired) electrons. The molecule has 0 bridgehead atoms. The minimum absolute atomic E-state index is 0.0512. The van der Waals surface area contributed by atoms with Crippen LogP contribution in [0.2, 0.25) is 0 Å². The van der Waals surface area contributed by atoms with Crippen molar-refractivity contribution in [3.63, 3.8) is 0 Å². The lowest BCUT2D eigenvalue weighted by Gasteiger charge is -2.39. The van der Waals surface area contributed by atoms with E-state index >= 15 is 0 Å². The smallest absolute Gasteiger partial charge is 0.315 e. The van der Waals surface area contributed by atoms with Crippen LogP contribution >= 0.6 is 0 Å². The van der Waals surface area contributed by atoms with Gasteiger partial charge in [-0.2, -0.15) is 0 Å². The predicted molar refractivity (Wildman–Crippen MR) is 143 cm³/mol. The van der Waals surface area contributed by atoms with Gasteiger partial charge in [-0.1, -0.05) is 48.5 Å². The first-order valence-electron chi connectivity index (χ1n) is 13.4. The first-order valence-corrected chi connectivity index (χ1v) is 13.4. The van der Waals surface area contributed by atoms with Crippen molar-refractivity contribution in [2.24, 2.45) is 0 Å². The monoisotopic (exact) mass is 503 g/mol. The summed E-state index contributed by atoms with van der Waals surface area (Å²) in [6.07, 6.45) is 2.67. The number of carbonyl (C=O) groups is 3. The average molecular weight is 504 g/mol. The summed E-state index contributed by atoms with van der Waals surface area (Å²) < 4.78 is 0. The Kier molecular flexibility index (Phi) is 7.20. The number of amides is 4.